The number of hydrogen-bond acceptors (Lipinski definition) is 1. The lowest BCUT2D eigenvalue weighted by Crippen LogP contribution is -2.48. The molecule has 1 aliphatic carbocycles. The maximum atomic E-state index is 3.88. The van der Waals surface area contributed by atoms with E-state index in [-0.39, 0.29) is 0 Å². The third-order valence-corrected chi connectivity index (χ3v) is 4.86. The van der Waals surface area contributed by atoms with Crippen LogP contribution >= 0.6 is 0 Å². The van der Waals surface area contributed by atoms with Crippen molar-refractivity contribution in [3.63, 3.8) is 0 Å². The van der Waals surface area contributed by atoms with Crippen LogP contribution in [0.2, 0.25) is 0 Å². The normalized spacial score (nSPS) is 19.4. The molecule has 1 aromatic rings. The van der Waals surface area contributed by atoms with Crippen molar-refractivity contribution in [1.82, 2.24) is 5.32 Å². The van der Waals surface area contributed by atoms with Gasteiger partial charge >= 0.3 is 0 Å². The minimum Gasteiger partial charge on any atom is -0.313 e. The average Bonchev–Trinajstić information content (AvgIpc) is 2.95. The molecule has 1 aromatic carbocycles. The molecule has 1 saturated carbocycles. The van der Waals surface area contributed by atoms with Crippen molar-refractivity contribution < 1.29 is 0 Å². The van der Waals surface area contributed by atoms with E-state index in [1.165, 1.54) is 38.5 Å². The predicted octanol–water partition coefficient (Wildman–Crippen LogP) is 4.91. The van der Waals surface area contributed by atoms with Gasteiger partial charge in [0.15, 0.2) is 0 Å². The zero-order chi connectivity index (χ0) is 14.4. The first-order valence-corrected chi connectivity index (χ1v) is 8.48. The number of rotatable bonds is 7. The molecule has 0 bridgehead atoms. The van der Waals surface area contributed by atoms with Crippen molar-refractivity contribution >= 4 is 0 Å². The van der Waals surface area contributed by atoms with Gasteiger partial charge in [-0.15, -0.1) is 0 Å². The Kier molecular flexibility index (Phi) is 5.65. The van der Waals surface area contributed by atoms with E-state index >= 15 is 0 Å². The van der Waals surface area contributed by atoms with Crippen molar-refractivity contribution in [1.29, 1.82) is 0 Å². The monoisotopic (exact) mass is 273 g/mol. The molecule has 1 N–H and O–H groups in total. The van der Waals surface area contributed by atoms with E-state index in [1.807, 2.05) is 0 Å². The van der Waals surface area contributed by atoms with Crippen LogP contribution in [0.25, 0.3) is 0 Å². The fourth-order valence-electron chi connectivity index (χ4n) is 3.91. The smallest absolute Gasteiger partial charge is 0.0166 e. The second-order valence-corrected chi connectivity index (χ2v) is 6.87. The average molecular weight is 273 g/mol. The summed E-state index contributed by atoms with van der Waals surface area (Å²) < 4.78 is 0. The highest BCUT2D eigenvalue weighted by Gasteiger charge is 2.42. The Morgan fingerprint density at radius 1 is 1.10 bits per heavy atom. The largest absolute Gasteiger partial charge is 0.313 e. The molecule has 1 atom stereocenters. The first kappa shape index (κ1) is 15.6. The highest BCUT2D eigenvalue weighted by atomic mass is 14.9. The van der Waals surface area contributed by atoms with Gasteiger partial charge in [0, 0.05) is 11.5 Å². The Balaban J connectivity index is 2.28. The van der Waals surface area contributed by atoms with E-state index in [1.54, 1.807) is 5.56 Å². The van der Waals surface area contributed by atoms with E-state index < -0.39 is 0 Å². The molecular formula is C19H31N. The Morgan fingerprint density at radius 2 is 1.75 bits per heavy atom. The zero-order valence-electron chi connectivity index (χ0n) is 13.5. The van der Waals surface area contributed by atoms with Crippen molar-refractivity contribution in [2.45, 2.75) is 70.8 Å². The first-order chi connectivity index (χ1) is 9.69. The van der Waals surface area contributed by atoms with E-state index in [2.05, 4.69) is 56.4 Å². The second-order valence-electron chi connectivity index (χ2n) is 6.87. The minimum atomic E-state index is 0.376. The molecule has 1 heteroatoms. The van der Waals surface area contributed by atoms with Crippen LogP contribution in [0.15, 0.2) is 30.3 Å². The standard InChI is InChI=1S/C19H31N/c1-4-14-20-18(15-16(2)3)19(12-8-9-13-19)17-10-6-5-7-11-17/h5-7,10-11,16,18,20H,4,8-9,12-15H2,1-3H3. The molecule has 0 amide bonds. The van der Waals surface area contributed by atoms with E-state index in [0.717, 1.165) is 12.5 Å². The van der Waals surface area contributed by atoms with Crippen LogP contribution in [-0.2, 0) is 5.41 Å². The van der Waals surface area contributed by atoms with Crippen molar-refractivity contribution in [3.8, 4) is 0 Å². The molecule has 20 heavy (non-hydrogen) atoms. The molecule has 1 unspecified atom stereocenters. The summed E-state index contributed by atoms with van der Waals surface area (Å²) in [5.74, 6) is 0.755. The van der Waals surface area contributed by atoms with Gasteiger partial charge in [-0.2, -0.15) is 0 Å². The highest BCUT2D eigenvalue weighted by Crippen LogP contribution is 2.45. The molecule has 0 aliphatic heterocycles. The summed E-state index contributed by atoms with van der Waals surface area (Å²) in [7, 11) is 0. The fourth-order valence-corrected chi connectivity index (χ4v) is 3.91. The molecule has 0 saturated heterocycles. The Labute approximate surface area is 125 Å². The molecule has 1 fully saturated rings. The summed E-state index contributed by atoms with van der Waals surface area (Å²) in [5, 5.41) is 3.88. The van der Waals surface area contributed by atoms with Crippen LogP contribution in [0, 0.1) is 5.92 Å². The van der Waals surface area contributed by atoms with Gasteiger partial charge < -0.3 is 5.32 Å². The van der Waals surface area contributed by atoms with Gasteiger partial charge in [0.1, 0.15) is 0 Å². The third kappa shape index (κ3) is 3.44. The highest BCUT2D eigenvalue weighted by molar-refractivity contribution is 5.29. The Bertz CT molecular complexity index is 376. The fraction of sp³-hybridized carbons (Fsp3) is 0.684. The third-order valence-electron chi connectivity index (χ3n) is 4.86. The molecule has 1 aliphatic rings. The molecule has 0 aromatic heterocycles. The summed E-state index contributed by atoms with van der Waals surface area (Å²) in [6.45, 7) is 8.12. The molecule has 0 heterocycles. The number of nitrogens with one attached hydrogen (secondary N) is 1. The lowest BCUT2D eigenvalue weighted by molar-refractivity contribution is 0.259. The molecule has 0 radical (unpaired) electrons. The molecule has 0 spiro atoms. The number of hydrogen-bond donors (Lipinski definition) is 1. The predicted molar refractivity (Wildman–Crippen MR) is 88.1 cm³/mol. The lowest BCUT2D eigenvalue weighted by Gasteiger charge is -2.40. The maximum Gasteiger partial charge on any atom is 0.0166 e. The van der Waals surface area contributed by atoms with Crippen LogP contribution in [-0.4, -0.2) is 12.6 Å². The van der Waals surface area contributed by atoms with Crippen molar-refractivity contribution in [3.05, 3.63) is 35.9 Å². The van der Waals surface area contributed by atoms with Crippen molar-refractivity contribution in [2.24, 2.45) is 5.92 Å². The van der Waals surface area contributed by atoms with Crippen LogP contribution in [0.4, 0.5) is 0 Å². The second kappa shape index (κ2) is 7.26. The van der Waals surface area contributed by atoms with E-state index in [9.17, 15) is 0 Å². The molecular weight excluding hydrogens is 242 g/mol. The maximum absolute atomic E-state index is 3.88. The topological polar surface area (TPSA) is 12.0 Å². The van der Waals surface area contributed by atoms with Crippen molar-refractivity contribution in [2.75, 3.05) is 6.54 Å². The quantitative estimate of drug-likeness (QED) is 0.744. The Hall–Kier alpha value is -0.820. The minimum absolute atomic E-state index is 0.376. The summed E-state index contributed by atoms with van der Waals surface area (Å²) in [6, 6.07) is 11.9. The first-order valence-electron chi connectivity index (χ1n) is 8.48. The van der Waals surface area contributed by atoms with Gasteiger partial charge in [0.25, 0.3) is 0 Å². The van der Waals surface area contributed by atoms with Gasteiger partial charge in [-0.3, -0.25) is 0 Å². The summed E-state index contributed by atoms with van der Waals surface area (Å²) in [5.41, 5.74) is 1.94. The van der Waals surface area contributed by atoms with Gasteiger partial charge in [-0.1, -0.05) is 63.9 Å². The SMILES string of the molecule is CCCNC(CC(C)C)C1(c2ccccc2)CCCC1. The molecule has 2 rings (SSSR count). The Morgan fingerprint density at radius 3 is 2.30 bits per heavy atom. The van der Waals surface area contributed by atoms with Gasteiger partial charge in [-0.05, 0) is 43.7 Å². The molecule has 1 nitrogen and oxygen atoms in total. The van der Waals surface area contributed by atoms with Gasteiger partial charge in [-0.25, -0.2) is 0 Å². The van der Waals surface area contributed by atoms with Gasteiger partial charge in [0.05, 0.1) is 0 Å². The lowest BCUT2D eigenvalue weighted by atomic mass is 9.70. The summed E-state index contributed by atoms with van der Waals surface area (Å²) in [4.78, 5) is 0. The van der Waals surface area contributed by atoms with Crippen LogP contribution < -0.4 is 5.32 Å². The van der Waals surface area contributed by atoms with Crippen LogP contribution in [0.1, 0.15) is 64.9 Å². The zero-order valence-corrected chi connectivity index (χ0v) is 13.5. The van der Waals surface area contributed by atoms with Gasteiger partial charge in [0.2, 0.25) is 0 Å². The van der Waals surface area contributed by atoms with E-state index in [4.69, 9.17) is 0 Å². The molecule has 112 valence electrons. The summed E-state index contributed by atoms with van der Waals surface area (Å²) in [6.07, 6.45) is 7.99. The summed E-state index contributed by atoms with van der Waals surface area (Å²) >= 11 is 0. The number of benzene rings is 1. The van der Waals surface area contributed by atoms with Crippen LogP contribution in [0.5, 0.6) is 0 Å². The van der Waals surface area contributed by atoms with Crippen LogP contribution in [0.3, 0.4) is 0 Å². The van der Waals surface area contributed by atoms with E-state index in [0.29, 0.717) is 11.5 Å².